The van der Waals surface area contributed by atoms with Crippen LogP contribution in [0, 0.1) is 32.1 Å². The van der Waals surface area contributed by atoms with Crippen LogP contribution in [0.25, 0.3) is 0 Å². The lowest BCUT2D eigenvalue weighted by Crippen LogP contribution is -2.01. The molecule has 0 saturated heterocycles. The van der Waals surface area contributed by atoms with E-state index in [0.717, 1.165) is 17.5 Å². The van der Waals surface area contributed by atoms with Crippen LogP contribution in [0.1, 0.15) is 23.6 Å². The Morgan fingerprint density at radius 1 is 1.36 bits per heavy atom. The molecule has 1 rings (SSSR count). The number of benzene rings is 1. The summed E-state index contributed by atoms with van der Waals surface area (Å²) < 4.78 is 0. The summed E-state index contributed by atoms with van der Waals surface area (Å²) in [6.45, 7) is 6.04. The summed E-state index contributed by atoms with van der Waals surface area (Å²) in [7, 11) is 0. The van der Waals surface area contributed by atoms with E-state index in [4.69, 9.17) is 6.42 Å². The molecule has 0 radical (unpaired) electrons. The molecule has 1 nitrogen and oxygen atoms in total. The second-order valence-corrected chi connectivity index (χ2v) is 3.83. The van der Waals surface area contributed by atoms with Gasteiger partial charge in [0.2, 0.25) is 0 Å². The van der Waals surface area contributed by atoms with Gasteiger partial charge in [0.15, 0.2) is 0 Å². The highest BCUT2D eigenvalue weighted by Gasteiger charge is 2.07. The fourth-order valence-electron chi connectivity index (χ4n) is 1.66. The smallest absolute Gasteiger partial charge is 0.116 e. The number of aromatic hydroxyl groups is 1. The molecule has 0 amide bonds. The first kappa shape index (κ1) is 10.7. The van der Waals surface area contributed by atoms with Crippen LogP contribution in [0.4, 0.5) is 0 Å². The Balaban J connectivity index is 3.04. The quantitative estimate of drug-likeness (QED) is 0.707. The maximum atomic E-state index is 9.37. The molecule has 0 aliphatic carbocycles. The van der Waals surface area contributed by atoms with Crippen molar-refractivity contribution >= 4 is 0 Å². The Morgan fingerprint density at radius 2 is 1.86 bits per heavy atom. The third kappa shape index (κ3) is 2.29. The standard InChI is InChI=1S/C13H16O/c1-5-9(2)6-13-10(3)7-12(14)8-11(13)4/h1,7-9,14H,6H2,2-4H3. The van der Waals surface area contributed by atoms with Crippen molar-refractivity contribution in [2.75, 3.05) is 0 Å². The highest BCUT2D eigenvalue weighted by Crippen LogP contribution is 2.22. The number of hydrogen-bond acceptors (Lipinski definition) is 1. The maximum Gasteiger partial charge on any atom is 0.116 e. The second-order valence-electron chi connectivity index (χ2n) is 3.83. The highest BCUT2D eigenvalue weighted by molar-refractivity contribution is 5.40. The number of phenols is 1. The van der Waals surface area contributed by atoms with Gasteiger partial charge in [-0.15, -0.1) is 12.3 Å². The molecule has 0 bridgehead atoms. The summed E-state index contributed by atoms with van der Waals surface area (Å²) in [4.78, 5) is 0. The van der Waals surface area contributed by atoms with E-state index in [-0.39, 0.29) is 5.92 Å². The van der Waals surface area contributed by atoms with Gasteiger partial charge in [-0.25, -0.2) is 0 Å². The van der Waals surface area contributed by atoms with E-state index in [0.29, 0.717) is 5.75 Å². The van der Waals surface area contributed by atoms with Crippen LogP contribution in [0.5, 0.6) is 5.75 Å². The summed E-state index contributed by atoms with van der Waals surface area (Å²) in [6, 6.07) is 3.57. The van der Waals surface area contributed by atoms with Crippen LogP contribution in [0.3, 0.4) is 0 Å². The van der Waals surface area contributed by atoms with Crippen LogP contribution in [-0.4, -0.2) is 5.11 Å². The van der Waals surface area contributed by atoms with Gasteiger partial charge < -0.3 is 5.11 Å². The van der Waals surface area contributed by atoms with Crippen molar-refractivity contribution in [3.8, 4) is 18.1 Å². The predicted molar refractivity (Wildman–Crippen MR) is 59.3 cm³/mol. The van der Waals surface area contributed by atoms with Crippen LogP contribution in [0.2, 0.25) is 0 Å². The molecule has 0 aromatic heterocycles. The van der Waals surface area contributed by atoms with Crippen LogP contribution in [0.15, 0.2) is 12.1 Å². The number of hydrogen-bond donors (Lipinski definition) is 1. The van der Waals surface area contributed by atoms with E-state index in [1.54, 1.807) is 12.1 Å². The minimum Gasteiger partial charge on any atom is -0.508 e. The Hall–Kier alpha value is -1.42. The molecule has 0 aliphatic heterocycles. The van der Waals surface area contributed by atoms with Gasteiger partial charge in [0.05, 0.1) is 0 Å². The summed E-state index contributed by atoms with van der Waals surface area (Å²) in [5.74, 6) is 3.30. The van der Waals surface area contributed by atoms with Crippen molar-refractivity contribution in [2.45, 2.75) is 27.2 Å². The zero-order valence-corrected chi connectivity index (χ0v) is 8.96. The molecule has 0 saturated carbocycles. The van der Waals surface area contributed by atoms with E-state index < -0.39 is 0 Å². The molecule has 1 heteroatoms. The van der Waals surface area contributed by atoms with Gasteiger partial charge >= 0.3 is 0 Å². The van der Waals surface area contributed by atoms with Crippen LogP contribution in [-0.2, 0) is 6.42 Å². The molecule has 1 unspecified atom stereocenters. The Morgan fingerprint density at radius 3 is 2.29 bits per heavy atom. The van der Waals surface area contributed by atoms with Crippen LogP contribution >= 0.6 is 0 Å². The molecular weight excluding hydrogens is 172 g/mol. The van der Waals surface area contributed by atoms with E-state index >= 15 is 0 Å². The third-order valence-electron chi connectivity index (χ3n) is 2.48. The number of phenolic OH excluding ortho intramolecular Hbond substituents is 1. The predicted octanol–water partition coefficient (Wildman–Crippen LogP) is 2.82. The van der Waals surface area contributed by atoms with E-state index in [2.05, 4.69) is 5.92 Å². The monoisotopic (exact) mass is 188 g/mol. The first-order valence-corrected chi connectivity index (χ1v) is 4.79. The molecule has 1 N–H and O–H groups in total. The molecular formula is C13H16O. The fraction of sp³-hybridized carbons (Fsp3) is 0.385. The zero-order chi connectivity index (χ0) is 10.7. The van der Waals surface area contributed by atoms with Crippen molar-refractivity contribution in [3.05, 3.63) is 28.8 Å². The average molecular weight is 188 g/mol. The first-order valence-electron chi connectivity index (χ1n) is 4.79. The normalized spacial score (nSPS) is 12.1. The summed E-state index contributed by atoms with van der Waals surface area (Å²) in [6.07, 6.45) is 6.23. The van der Waals surface area contributed by atoms with Crippen molar-refractivity contribution in [1.29, 1.82) is 0 Å². The van der Waals surface area contributed by atoms with Gasteiger partial charge in [-0.2, -0.15) is 0 Å². The van der Waals surface area contributed by atoms with E-state index in [1.807, 2.05) is 20.8 Å². The van der Waals surface area contributed by atoms with E-state index in [1.165, 1.54) is 5.56 Å². The van der Waals surface area contributed by atoms with Crippen LogP contribution < -0.4 is 0 Å². The molecule has 1 aromatic rings. The van der Waals surface area contributed by atoms with E-state index in [9.17, 15) is 5.11 Å². The Labute approximate surface area is 85.8 Å². The van der Waals surface area contributed by atoms with Crippen molar-refractivity contribution < 1.29 is 5.11 Å². The average Bonchev–Trinajstić information content (AvgIpc) is 2.10. The summed E-state index contributed by atoms with van der Waals surface area (Å²) in [5, 5.41) is 9.37. The topological polar surface area (TPSA) is 20.2 Å². The van der Waals surface area contributed by atoms with Gasteiger partial charge in [-0.3, -0.25) is 0 Å². The number of terminal acetylenes is 1. The third-order valence-corrected chi connectivity index (χ3v) is 2.48. The molecule has 1 atom stereocenters. The largest absolute Gasteiger partial charge is 0.508 e. The molecule has 14 heavy (non-hydrogen) atoms. The SMILES string of the molecule is C#CC(C)Cc1c(C)cc(O)cc1C. The summed E-state index contributed by atoms with van der Waals surface area (Å²) >= 11 is 0. The van der Waals surface area contributed by atoms with Gasteiger partial charge in [0.25, 0.3) is 0 Å². The lowest BCUT2D eigenvalue weighted by atomic mass is 9.94. The van der Waals surface area contributed by atoms with Gasteiger partial charge in [-0.05, 0) is 49.1 Å². The highest BCUT2D eigenvalue weighted by atomic mass is 16.3. The summed E-state index contributed by atoms with van der Waals surface area (Å²) in [5.41, 5.74) is 3.49. The van der Waals surface area contributed by atoms with Crippen molar-refractivity contribution in [2.24, 2.45) is 5.92 Å². The second kappa shape index (κ2) is 4.19. The minimum atomic E-state index is 0.247. The van der Waals surface area contributed by atoms with Crippen molar-refractivity contribution in [3.63, 3.8) is 0 Å². The van der Waals surface area contributed by atoms with Gasteiger partial charge in [-0.1, -0.05) is 6.92 Å². The number of rotatable bonds is 2. The molecule has 0 fully saturated rings. The van der Waals surface area contributed by atoms with Gasteiger partial charge in [0.1, 0.15) is 5.75 Å². The molecule has 74 valence electrons. The fourth-order valence-corrected chi connectivity index (χ4v) is 1.66. The molecule has 0 aliphatic rings. The molecule has 1 aromatic carbocycles. The first-order chi connectivity index (χ1) is 6.54. The Bertz CT molecular complexity index is 348. The maximum absolute atomic E-state index is 9.37. The number of aryl methyl sites for hydroxylation is 2. The Kier molecular flexibility index (Phi) is 3.19. The lowest BCUT2D eigenvalue weighted by Gasteiger charge is -2.12. The van der Waals surface area contributed by atoms with Crippen molar-refractivity contribution in [1.82, 2.24) is 0 Å². The molecule has 0 spiro atoms. The lowest BCUT2D eigenvalue weighted by molar-refractivity contribution is 0.474. The zero-order valence-electron chi connectivity index (χ0n) is 8.96. The minimum absolute atomic E-state index is 0.247. The molecule has 0 heterocycles. The van der Waals surface area contributed by atoms with Gasteiger partial charge in [0, 0.05) is 5.92 Å².